The van der Waals surface area contributed by atoms with Crippen LogP contribution in [0.15, 0.2) is 18.3 Å². The van der Waals surface area contributed by atoms with Gasteiger partial charge >= 0.3 is 0 Å². The highest BCUT2D eigenvalue weighted by Gasteiger charge is 2.45. The van der Waals surface area contributed by atoms with Crippen LogP contribution in [0.2, 0.25) is 0 Å². The SMILES string of the molecule is COc1ncccc1CN1CCC2(CC1)OCCC2CCOCC1CC1. The molecule has 0 aromatic carbocycles. The van der Waals surface area contributed by atoms with E-state index in [0.29, 0.717) is 5.92 Å². The summed E-state index contributed by atoms with van der Waals surface area (Å²) in [6, 6.07) is 4.10. The minimum Gasteiger partial charge on any atom is -0.481 e. The van der Waals surface area contributed by atoms with E-state index in [1.807, 2.05) is 6.07 Å². The van der Waals surface area contributed by atoms with Gasteiger partial charge in [-0.3, -0.25) is 4.90 Å². The average Bonchev–Trinajstić information content (AvgIpc) is 3.43. The van der Waals surface area contributed by atoms with Gasteiger partial charge in [0.25, 0.3) is 0 Å². The number of aromatic nitrogens is 1. The van der Waals surface area contributed by atoms with Crippen LogP contribution in [-0.4, -0.2) is 55.5 Å². The van der Waals surface area contributed by atoms with E-state index in [1.165, 1.54) is 24.8 Å². The van der Waals surface area contributed by atoms with Crippen LogP contribution in [0.25, 0.3) is 0 Å². The van der Waals surface area contributed by atoms with Crippen LogP contribution >= 0.6 is 0 Å². The fraction of sp³-hybridized carbons (Fsp3) is 0.762. The molecule has 3 fully saturated rings. The van der Waals surface area contributed by atoms with E-state index in [1.54, 1.807) is 13.3 Å². The molecule has 0 N–H and O–H groups in total. The number of piperidine rings is 1. The maximum Gasteiger partial charge on any atom is 0.217 e. The molecule has 26 heavy (non-hydrogen) atoms. The summed E-state index contributed by atoms with van der Waals surface area (Å²) in [6.07, 6.45) is 9.13. The van der Waals surface area contributed by atoms with Gasteiger partial charge in [-0.05, 0) is 56.4 Å². The molecule has 0 bridgehead atoms. The zero-order valence-corrected chi connectivity index (χ0v) is 16.0. The molecule has 3 heterocycles. The van der Waals surface area contributed by atoms with Crippen molar-refractivity contribution >= 4 is 0 Å². The van der Waals surface area contributed by atoms with Gasteiger partial charge in [-0.1, -0.05) is 6.07 Å². The highest BCUT2D eigenvalue weighted by Crippen LogP contribution is 2.42. The molecule has 0 amide bonds. The van der Waals surface area contributed by atoms with Crippen LogP contribution in [0.1, 0.15) is 44.1 Å². The molecule has 1 aromatic heterocycles. The van der Waals surface area contributed by atoms with Crippen molar-refractivity contribution in [2.45, 2.75) is 50.7 Å². The van der Waals surface area contributed by atoms with Gasteiger partial charge in [0.1, 0.15) is 0 Å². The van der Waals surface area contributed by atoms with Gasteiger partial charge in [-0.2, -0.15) is 0 Å². The van der Waals surface area contributed by atoms with Crippen LogP contribution in [0.5, 0.6) is 5.88 Å². The van der Waals surface area contributed by atoms with Crippen LogP contribution in [0.3, 0.4) is 0 Å². The van der Waals surface area contributed by atoms with E-state index in [2.05, 4.69) is 16.0 Å². The number of likely N-dealkylation sites (tertiary alicyclic amines) is 1. The molecule has 2 saturated heterocycles. The Balaban J connectivity index is 1.27. The first-order valence-corrected chi connectivity index (χ1v) is 10.2. The smallest absolute Gasteiger partial charge is 0.217 e. The van der Waals surface area contributed by atoms with Gasteiger partial charge in [-0.15, -0.1) is 0 Å². The van der Waals surface area contributed by atoms with E-state index in [0.717, 1.165) is 70.5 Å². The number of pyridine rings is 1. The van der Waals surface area contributed by atoms with Gasteiger partial charge in [0.2, 0.25) is 5.88 Å². The largest absolute Gasteiger partial charge is 0.481 e. The van der Waals surface area contributed by atoms with Crippen molar-refractivity contribution in [1.29, 1.82) is 0 Å². The molecule has 0 radical (unpaired) electrons. The van der Waals surface area contributed by atoms with Gasteiger partial charge in [0.15, 0.2) is 0 Å². The van der Waals surface area contributed by atoms with Gasteiger partial charge < -0.3 is 14.2 Å². The Bertz CT molecular complexity index is 582. The Morgan fingerprint density at radius 1 is 1.27 bits per heavy atom. The molecule has 1 spiro atoms. The zero-order valence-electron chi connectivity index (χ0n) is 16.0. The number of rotatable bonds is 8. The maximum absolute atomic E-state index is 6.31. The van der Waals surface area contributed by atoms with Gasteiger partial charge in [0.05, 0.1) is 12.7 Å². The third kappa shape index (κ3) is 4.21. The lowest BCUT2D eigenvalue weighted by molar-refractivity contribution is -0.0732. The molecular weight excluding hydrogens is 328 g/mol. The molecule has 4 rings (SSSR count). The summed E-state index contributed by atoms with van der Waals surface area (Å²) in [4.78, 5) is 6.82. The van der Waals surface area contributed by atoms with Crippen molar-refractivity contribution in [3.8, 4) is 5.88 Å². The molecule has 144 valence electrons. The maximum atomic E-state index is 6.31. The van der Waals surface area contributed by atoms with E-state index in [9.17, 15) is 0 Å². The van der Waals surface area contributed by atoms with E-state index in [-0.39, 0.29) is 5.60 Å². The predicted octanol–water partition coefficient (Wildman–Crippen LogP) is 3.28. The molecular formula is C21H32N2O3. The minimum absolute atomic E-state index is 0.0957. The van der Waals surface area contributed by atoms with Gasteiger partial charge in [0, 0.05) is 51.2 Å². The molecule has 2 aliphatic heterocycles. The molecule has 5 nitrogen and oxygen atoms in total. The summed E-state index contributed by atoms with van der Waals surface area (Å²) in [5, 5.41) is 0. The fourth-order valence-electron chi connectivity index (χ4n) is 4.56. The monoisotopic (exact) mass is 360 g/mol. The molecule has 1 saturated carbocycles. The van der Waals surface area contributed by atoms with Crippen molar-refractivity contribution in [1.82, 2.24) is 9.88 Å². The summed E-state index contributed by atoms with van der Waals surface area (Å²) in [5.41, 5.74) is 1.27. The first kappa shape index (κ1) is 18.2. The summed E-state index contributed by atoms with van der Waals surface area (Å²) < 4.78 is 17.6. The third-order valence-corrected chi connectivity index (χ3v) is 6.40. The number of hydrogen-bond acceptors (Lipinski definition) is 5. The molecule has 1 aromatic rings. The van der Waals surface area contributed by atoms with E-state index < -0.39 is 0 Å². The highest BCUT2D eigenvalue weighted by molar-refractivity contribution is 5.25. The lowest BCUT2D eigenvalue weighted by Crippen LogP contribution is -2.47. The summed E-state index contributed by atoms with van der Waals surface area (Å²) in [6.45, 7) is 5.87. The van der Waals surface area contributed by atoms with Crippen molar-refractivity contribution in [2.24, 2.45) is 11.8 Å². The topological polar surface area (TPSA) is 43.8 Å². The highest BCUT2D eigenvalue weighted by atomic mass is 16.5. The first-order chi connectivity index (χ1) is 12.8. The van der Waals surface area contributed by atoms with Crippen molar-refractivity contribution in [3.63, 3.8) is 0 Å². The normalized spacial score (nSPS) is 25.7. The quantitative estimate of drug-likeness (QED) is 0.666. The number of methoxy groups -OCH3 is 1. The Kier molecular flexibility index (Phi) is 5.77. The Hall–Kier alpha value is -1.17. The van der Waals surface area contributed by atoms with Crippen LogP contribution in [-0.2, 0) is 16.0 Å². The van der Waals surface area contributed by atoms with Crippen LogP contribution in [0.4, 0.5) is 0 Å². The molecule has 1 aliphatic carbocycles. The molecule has 3 aliphatic rings. The second-order valence-corrected chi connectivity index (χ2v) is 8.15. The Morgan fingerprint density at radius 3 is 2.88 bits per heavy atom. The summed E-state index contributed by atoms with van der Waals surface area (Å²) >= 11 is 0. The lowest BCUT2D eigenvalue weighted by Gasteiger charge is -2.42. The fourth-order valence-corrected chi connectivity index (χ4v) is 4.56. The molecule has 1 atom stereocenters. The number of hydrogen-bond donors (Lipinski definition) is 0. The second kappa shape index (κ2) is 8.24. The Labute approximate surface area is 157 Å². The molecule has 1 unspecified atom stereocenters. The van der Waals surface area contributed by atoms with E-state index in [4.69, 9.17) is 14.2 Å². The van der Waals surface area contributed by atoms with Gasteiger partial charge in [-0.25, -0.2) is 4.98 Å². The van der Waals surface area contributed by atoms with Crippen LogP contribution < -0.4 is 4.74 Å². The van der Waals surface area contributed by atoms with Crippen molar-refractivity contribution < 1.29 is 14.2 Å². The first-order valence-electron chi connectivity index (χ1n) is 10.2. The number of nitrogens with zero attached hydrogens (tertiary/aromatic N) is 2. The van der Waals surface area contributed by atoms with Crippen molar-refractivity contribution in [3.05, 3.63) is 23.9 Å². The van der Waals surface area contributed by atoms with E-state index >= 15 is 0 Å². The number of ether oxygens (including phenoxy) is 3. The summed E-state index contributed by atoms with van der Waals surface area (Å²) in [7, 11) is 1.69. The minimum atomic E-state index is 0.0957. The summed E-state index contributed by atoms with van der Waals surface area (Å²) in [5.74, 6) is 2.27. The standard InChI is InChI=1S/C21H32N2O3/c1-24-20-18(3-2-10-22-20)15-23-11-8-21(9-12-23)19(7-14-26-21)6-13-25-16-17-4-5-17/h2-3,10,17,19H,4-9,11-16H2,1H3. The predicted molar refractivity (Wildman–Crippen MR) is 100 cm³/mol. The average molecular weight is 360 g/mol. The van der Waals surface area contributed by atoms with Crippen molar-refractivity contribution in [2.75, 3.05) is 40.0 Å². The van der Waals surface area contributed by atoms with Crippen LogP contribution in [0, 0.1) is 11.8 Å². The molecule has 5 heteroatoms. The lowest BCUT2D eigenvalue weighted by atomic mass is 9.78. The zero-order chi connectivity index (χ0) is 17.8. The second-order valence-electron chi connectivity index (χ2n) is 8.15. The third-order valence-electron chi connectivity index (χ3n) is 6.40. The Morgan fingerprint density at radius 2 is 2.12 bits per heavy atom.